The average Bonchev–Trinajstić information content (AvgIpc) is 2.62. The van der Waals surface area contributed by atoms with Gasteiger partial charge in [-0.3, -0.25) is 4.79 Å². The van der Waals surface area contributed by atoms with Crippen LogP contribution in [0.3, 0.4) is 0 Å². The Morgan fingerprint density at radius 1 is 1.60 bits per heavy atom. The summed E-state index contributed by atoms with van der Waals surface area (Å²) in [5.74, 6) is -1.08. The molecule has 1 aliphatic carbocycles. The Morgan fingerprint density at radius 2 is 2.33 bits per heavy atom. The molecule has 1 atom stereocenters. The van der Waals surface area contributed by atoms with Gasteiger partial charge < -0.3 is 9.67 Å². The lowest BCUT2D eigenvalue weighted by Crippen LogP contribution is -2.18. The number of carbonyl (C=O) groups is 1. The highest BCUT2D eigenvalue weighted by atomic mass is 16.4. The van der Waals surface area contributed by atoms with Crippen molar-refractivity contribution in [3.05, 3.63) is 17.7 Å². The molecule has 0 bridgehead atoms. The van der Waals surface area contributed by atoms with Crippen LogP contribution in [-0.2, 0) is 24.2 Å². The second kappa shape index (κ2) is 4.04. The summed E-state index contributed by atoms with van der Waals surface area (Å²) in [5.41, 5.74) is 2.41. The molecule has 2 rings (SSSR count). The minimum atomic E-state index is -0.742. The van der Waals surface area contributed by atoms with E-state index >= 15 is 0 Å². The zero-order chi connectivity index (χ0) is 10.8. The molecule has 0 saturated heterocycles. The molecule has 0 saturated carbocycles. The maximum absolute atomic E-state index is 10.8. The molecule has 4 nitrogen and oxygen atoms in total. The highest BCUT2D eigenvalue weighted by Gasteiger charge is 2.18. The van der Waals surface area contributed by atoms with Crippen molar-refractivity contribution >= 4 is 5.97 Å². The SMILES string of the molecule is CC(Cn1cnc2c1CCCC2)C(=O)O. The number of carboxylic acid groups (broad SMARTS) is 1. The van der Waals surface area contributed by atoms with Crippen LogP contribution in [0.2, 0.25) is 0 Å². The molecule has 1 unspecified atom stereocenters. The molecule has 1 N–H and O–H groups in total. The van der Waals surface area contributed by atoms with Gasteiger partial charge in [-0.05, 0) is 25.7 Å². The molecule has 1 aromatic heterocycles. The third-order valence-electron chi connectivity index (χ3n) is 3.00. The van der Waals surface area contributed by atoms with Gasteiger partial charge in [-0.2, -0.15) is 0 Å². The molecule has 4 heteroatoms. The minimum absolute atomic E-state index is 0.342. The van der Waals surface area contributed by atoms with Gasteiger partial charge in [0, 0.05) is 12.2 Å². The third-order valence-corrected chi connectivity index (χ3v) is 3.00. The summed E-state index contributed by atoms with van der Waals surface area (Å²) in [6.07, 6.45) is 6.28. The summed E-state index contributed by atoms with van der Waals surface area (Å²) < 4.78 is 2.01. The number of aliphatic carboxylic acids is 1. The predicted octanol–water partition coefficient (Wildman–Crippen LogP) is 1.48. The lowest BCUT2D eigenvalue weighted by Gasteiger charge is -2.15. The Balaban J connectivity index is 2.15. The van der Waals surface area contributed by atoms with Gasteiger partial charge in [0.25, 0.3) is 0 Å². The number of rotatable bonds is 3. The van der Waals surface area contributed by atoms with Gasteiger partial charge in [0.05, 0.1) is 17.9 Å². The van der Waals surface area contributed by atoms with Crippen LogP contribution in [0.15, 0.2) is 6.33 Å². The zero-order valence-corrected chi connectivity index (χ0v) is 8.94. The van der Waals surface area contributed by atoms with Crippen LogP contribution in [-0.4, -0.2) is 20.6 Å². The monoisotopic (exact) mass is 208 g/mol. The Kier molecular flexibility index (Phi) is 2.75. The molecule has 0 aromatic carbocycles. The number of nitrogens with zero attached hydrogens (tertiary/aromatic N) is 2. The molecule has 0 spiro atoms. The zero-order valence-electron chi connectivity index (χ0n) is 8.94. The van der Waals surface area contributed by atoms with Crippen molar-refractivity contribution in [1.82, 2.24) is 9.55 Å². The first-order valence-corrected chi connectivity index (χ1v) is 5.44. The number of fused-ring (bicyclic) bond motifs is 1. The van der Waals surface area contributed by atoms with Crippen LogP contribution < -0.4 is 0 Å². The van der Waals surface area contributed by atoms with E-state index in [4.69, 9.17) is 5.11 Å². The van der Waals surface area contributed by atoms with Gasteiger partial charge in [0.1, 0.15) is 0 Å². The Labute approximate surface area is 88.9 Å². The van der Waals surface area contributed by atoms with Gasteiger partial charge in [-0.25, -0.2) is 4.98 Å². The van der Waals surface area contributed by atoms with Crippen molar-refractivity contribution in [2.75, 3.05) is 0 Å². The molecule has 82 valence electrons. The van der Waals surface area contributed by atoms with Crippen molar-refractivity contribution in [3.63, 3.8) is 0 Å². The summed E-state index contributed by atoms with van der Waals surface area (Å²) in [6, 6.07) is 0. The van der Waals surface area contributed by atoms with E-state index in [0.717, 1.165) is 12.8 Å². The molecule has 15 heavy (non-hydrogen) atoms. The molecular formula is C11H16N2O2. The first kappa shape index (κ1) is 10.2. The van der Waals surface area contributed by atoms with Gasteiger partial charge >= 0.3 is 5.97 Å². The first-order chi connectivity index (χ1) is 7.18. The fraction of sp³-hybridized carbons (Fsp3) is 0.636. The van der Waals surface area contributed by atoms with Gasteiger partial charge in [-0.1, -0.05) is 6.92 Å². The van der Waals surface area contributed by atoms with E-state index in [0.29, 0.717) is 6.54 Å². The van der Waals surface area contributed by atoms with E-state index in [-0.39, 0.29) is 5.92 Å². The number of hydrogen-bond acceptors (Lipinski definition) is 2. The van der Waals surface area contributed by atoms with Crippen molar-refractivity contribution in [1.29, 1.82) is 0 Å². The first-order valence-electron chi connectivity index (χ1n) is 5.44. The molecule has 1 heterocycles. The molecule has 1 aromatic rings. The van der Waals surface area contributed by atoms with E-state index in [9.17, 15) is 4.79 Å². The highest BCUT2D eigenvalue weighted by Crippen LogP contribution is 2.20. The lowest BCUT2D eigenvalue weighted by molar-refractivity contribution is -0.141. The largest absolute Gasteiger partial charge is 0.481 e. The standard InChI is InChI=1S/C11H16N2O2/c1-8(11(14)15)6-13-7-12-9-4-2-3-5-10(9)13/h7-8H,2-6H2,1H3,(H,14,15). The average molecular weight is 208 g/mol. The molecule has 0 radical (unpaired) electrons. The van der Waals surface area contributed by atoms with E-state index in [1.807, 2.05) is 4.57 Å². The van der Waals surface area contributed by atoms with E-state index in [1.54, 1.807) is 13.3 Å². The second-order valence-corrected chi connectivity index (χ2v) is 4.24. The second-order valence-electron chi connectivity index (χ2n) is 4.24. The lowest BCUT2D eigenvalue weighted by atomic mass is 10.0. The van der Waals surface area contributed by atoms with E-state index in [2.05, 4.69) is 4.98 Å². The van der Waals surface area contributed by atoms with Crippen molar-refractivity contribution in [2.45, 2.75) is 39.2 Å². The Morgan fingerprint density at radius 3 is 3.07 bits per heavy atom. The quantitative estimate of drug-likeness (QED) is 0.818. The number of carboxylic acids is 1. The van der Waals surface area contributed by atoms with Crippen LogP contribution in [0.4, 0.5) is 0 Å². The van der Waals surface area contributed by atoms with Crippen LogP contribution in [0.5, 0.6) is 0 Å². The van der Waals surface area contributed by atoms with E-state index < -0.39 is 5.97 Å². The number of aryl methyl sites for hydroxylation is 1. The predicted molar refractivity (Wildman–Crippen MR) is 55.7 cm³/mol. The smallest absolute Gasteiger partial charge is 0.308 e. The molecule has 0 amide bonds. The minimum Gasteiger partial charge on any atom is -0.481 e. The Hall–Kier alpha value is -1.32. The Bertz CT molecular complexity index is 371. The van der Waals surface area contributed by atoms with Crippen molar-refractivity contribution < 1.29 is 9.90 Å². The summed E-state index contributed by atoms with van der Waals surface area (Å²) in [7, 11) is 0. The maximum atomic E-state index is 10.8. The number of hydrogen-bond donors (Lipinski definition) is 1. The maximum Gasteiger partial charge on any atom is 0.308 e. The highest BCUT2D eigenvalue weighted by molar-refractivity contribution is 5.69. The third kappa shape index (κ3) is 2.03. The van der Waals surface area contributed by atoms with Crippen LogP contribution >= 0.6 is 0 Å². The fourth-order valence-corrected chi connectivity index (χ4v) is 2.06. The normalized spacial score (nSPS) is 17.1. The summed E-state index contributed by atoms with van der Waals surface area (Å²) in [6.45, 7) is 2.27. The van der Waals surface area contributed by atoms with E-state index in [1.165, 1.54) is 24.2 Å². The summed E-state index contributed by atoms with van der Waals surface area (Å²) in [5, 5.41) is 8.85. The topological polar surface area (TPSA) is 55.1 Å². The number of imidazole rings is 1. The van der Waals surface area contributed by atoms with Crippen LogP contribution in [0, 0.1) is 5.92 Å². The molecule has 0 fully saturated rings. The number of aromatic nitrogens is 2. The van der Waals surface area contributed by atoms with Crippen molar-refractivity contribution in [2.24, 2.45) is 5.92 Å². The van der Waals surface area contributed by atoms with Crippen LogP contribution in [0.1, 0.15) is 31.2 Å². The molecule has 1 aliphatic rings. The van der Waals surface area contributed by atoms with Crippen molar-refractivity contribution in [3.8, 4) is 0 Å². The van der Waals surface area contributed by atoms with Gasteiger partial charge in [0.15, 0.2) is 0 Å². The molecular weight excluding hydrogens is 192 g/mol. The summed E-state index contributed by atoms with van der Waals surface area (Å²) >= 11 is 0. The van der Waals surface area contributed by atoms with Crippen LogP contribution in [0.25, 0.3) is 0 Å². The van der Waals surface area contributed by atoms with Gasteiger partial charge in [-0.15, -0.1) is 0 Å². The van der Waals surface area contributed by atoms with Gasteiger partial charge in [0.2, 0.25) is 0 Å². The summed E-state index contributed by atoms with van der Waals surface area (Å²) in [4.78, 5) is 15.1. The fourth-order valence-electron chi connectivity index (χ4n) is 2.06. The molecule has 0 aliphatic heterocycles.